The van der Waals surface area contributed by atoms with Crippen LogP contribution in [0.25, 0.3) is 0 Å². The lowest BCUT2D eigenvalue weighted by molar-refractivity contribution is -0.161. The number of rotatable bonds is 80. The van der Waals surface area contributed by atoms with E-state index in [1.165, 1.54) is 212 Å². The molecule has 0 rings (SSSR count). The van der Waals surface area contributed by atoms with E-state index >= 15 is 0 Å². The molecule has 0 heterocycles. The lowest BCUT2D eigenvalue weighted by Crippen LogP contribution is -2.30. The van der Waals surface area contributed by atoms with Gasteiger partial charge in [-0.05, 0) is 57.3 Å². The van der Waals surface area contributed by atoms with Gasteiger partial charge in [0.05, 0.1) is 26.4 Å². The van der Waals surface area contributed by atoms with Gasteiger partial charge < -0.3 is 33.8 Å². The van der Waals surface area contributed by atoms with Crippen LogP contribution >= 0.6 is 15.6 Å². The largest absolute Gasteiger partial charge is 0.472 e. The van der Waals surface area contributed by atoms with Crippen LogP contribution in [-0.4, -0.2) is 96.7 Å². The zero-order valence-corrected chi connectivity index (χ0v) is 67.3. The molecule has 0 saturated heterocycles. The Morgan fingerprint density at radius 1 is 0.307 bits per heavy atom. The molecule has 0 amide bonds. The molecule has 0 aliphatic heterocycles. The van der Waals surface area contributed by atoms with E-state index in [2.05, 4.69) is 58.9 Å². The zero-order chi connectivity index (χ0) is 74.1. The third kappa shape index (κ3) is 75.6. The van der Waals surface area contributed by atoms with Crippen molar-refractivity contribution in [1.82, 2.24) is 0 Å². The van der Waals surface area contributed by atoms with Crippen molar-refractivity contribution < 1.29 is 80.2 Å². The molecule has 0 bridgehead atoms. The van der Waals surface area contributed by atoms with Crippen molar-refractivity contribution in [3.8, 4) is 0 Å². The number of esters is 4. The highest BCUT2D eigenvalue weighted by Gasteiger charge is 2.30. The van der Waals surface area contributed by atoms with Gasteiger partial charge in [0.2, 0.25) is 0 Å². The van der Waals surface area contributed by atoms with E-state index in [4.69, 9.17) is 37.0 Å². The molecule has 5 atom stereocenters. The number of aliphatic hydroxyl groups excluding tert-OH is 1. The predicted molar refractivity (Wildman–Crippen MR) is 414 cm³/mol. The summed E-state index contributed by atoms with van der Waals surface area (Å²) in [6.07, 6.45) is 68.9. The fourth-order valence-electron chi connectivity index (χ4n) is 12.2. The van der Waals surface area contributed by atoms with Gasteiger partial charge in [0.15, 0.2) is 12.2 Å². The number of allylic oxidation sites excluding steroid dienone is 4. The van der Waals surface area contributed by atoms with E-state index in [1.54, 1.807) is 0 Å². The third-order valence-corrected chi connectivity index (χ3v) is 20.6. The lowest BCUT2D eigenvalue weighted by atomic mass is 10.0. The summed E-state index contributed by atoms with van der Waals surface area (Å²) in [6, 6.07) is 0. The standard InChI is InChI=1S/C82H156O17P2/c1-6-9-12-15-18-21-24-27-30-31-32-33-34-35-38-41-44-47-52-58-63-68-81(86)98-77(71-92-79(84)65-60-55-50-45-42-39-36-28-25-22-19-16-13-10-7-2)73-96-100(88,89)94-69-76(83)70-95-101(90,91)97-74-78(72-93-80(85)66-61-56-53-48-49-54-59-64-75(4)5)99-82(87)67-62-57-51-46-43-40-37-29-26-23-20-17-14-11-8-3/h22,25,28,36,75-78,83H,6-21,23-24,26-27,29-35,37-74H2,1-5H3,(H,88,89)(H,90,91)/b25-22-,36-28-/t76-,77-,78-/m1/s1. The highest BCUT2D eigenvalue weighted by Crippen LogP contribution is 2.45. The molecule has 0 aromatic carbocycles. The molecule has 0 aliphatic rings. The average molecular weight is 1480 g/mol. The molecule has 0 aliphatic carbocycles. The van der Waals surface area contributed by atoms with E-state index in [9.17, 15) is 43.2 Å². The number of phosphoric ester groups is 2. The van der Waals surface area contributed by atoms with Gasteiger partial charge in [0, 0.05) is 25.7 Å². The molecule has 0 aromatic rings. The summed E-state index contributed by atoms with van der Waals surface area (Å²) in [5, 5.41) is 10.6. The first-order chi connectivity index (χ1) is 49.0. The fraction of sp³-hybridized carbons (Fsp3) is 0.902. The summed E-state index contributed by atoms with van der Waals surface area (Å²) in [7, 11) is -9.93. The summed E-state index contributed by atoms with van der Waals surface area (Å²) in [5.74, 6) is -1.43. The van der Waals surface area contributed by atoms with E-state index in [-0.39, 0.29) is 25.7 Å². The number of hydrogen-bond acceptors (Lipinski definition) is 15. The number of hydrogen-bond donors (Lipinski definition) is 3. The van der Waals surface area contributed by atoms with Gasteiger partial charge in [0.25, 0.3) is 0 Å². The Balaban J connectivity index is 5.25. The summed E-state index contributed by atoms with van der Waals surface area (Å²) < 4.78 is 68.7. The van der Waals surface area contributed by atoms with Gasteiger partial charge >= 0.3 is 39.5 Å². The maximum Gasteiger partial charge on any atom is 0.472 e. The summed E-state index contributed by atoms with van der Waals surface area (Å²) in [4.78, 5) is 73.0. The van der Waals surface area contributed by atoms with Gasteiger partial charge in [0.1, 0.15) is 19.3 Å². The average Bonchev–Trinajstić information content (AvgIpc) is 0.965. The first-order valence-electron chi connectivity index (χ1n) is 42.0. The first kappa shape index (κ1) is 98.5. The van der Waals surface area contributed by atoms with E-state index in [0.29, 0.717) is 31.6 Å². The Morgan fingerprint density at radius 3 is 0.812 bits per heavy atom. The minimum atomic E-state index is -4.97. The van der Waals surface area contributed by atoms with Crippen LogP contribution in [-0.2, 0) is 65.4 Å². The molecule has 2 unspecified atom stereocenters. The molecule has 596 valence electrons. The fourth-order valence-corrected chi connectivity index (χ4v) is 13.8. The molecule has 0 fully saturated rings. The Morgan fingerprint density at radius 2 is 0.535 bits per heavy atom. The van der Waals surface area contributed by atoms with Crippen LogP contribution in [0.15, 0.2) is 24.3 Å². The quantitative estimate of drug-likeness (QED) is 0.0169. The van der Waals surface area contributed by atoms with Crippen molar-refractivity contribution in [2.45, 2.75) is 432 Å². The molecule has 0 radical (unpaired) electrons. The van der Waals surface area contributed by atoms with E-state index in [0.717, 1.165) is 116 Å². The van der Waals surface area contributed by atoms with E-state index in [1.807, 2.05) is 0 Å². The first-order valence-corrected chi connectivity index (χ1v) is 44.9. The summed E-state index contributed by atoms with van der Waals surface area (Å²) in [6.45, 7) is 7.21. The monoisotopic (exact) mass is 1480 g/mol. The Hall–Kier alpha value is -2.46. The number of aliphatic hydroxyl groups is 1. The second-order valence-corrected chi connectivity index (χ2v) is 32.2. The maximum absolute atomic E-state index is 13.1. The van der Waals surface area contributed by atoms with Crippen LogP contribution in [0.3, 0.4) is 0 Å². The Bertz CT molecular complexity index is 2020. The number of carbonyl (C=O) groups excluding carboxylic acids is 4. The lowest BCUT2D eigenvalue weighted by Gasteiger charge is -2.21. The Kier molecular flexibility index (Phi) is 72.6. The molecule has 0 saturated carbocycles. The van der Waals surface area contributed by atoms with Crippen molar-refractivity contribution in [2.75, 3.05) is 39.6 Å². The van der Waals surface area contributed by atoms with Crippen LogP contribution in [0.4, 0.5) is 0 Å². The maximum atomic E-state index is 13.1. The third-order valence-electron chi connectivity index (χ3n) is 18.7. The number of unbranched alkanes of at least 4 members (excludes halogenated alkanes) is 49. The molecule has 3 N–H and O–H groups in total. The second-order valence-electron chi connectivity index (χ2n) is 29.3. The highest BCUT2D eigenvalue weighted by atomic mass is 31.2. The molecule has 17 nitrogen and oxygen atoms in total. The summed E-state index contributed by atoms with van der Waals surface area (Å²) >= 11 is 0. The molecule has 101 heavy (non-hydrogen) atoms. The van der Waals surface area contributed by atoms with Gasteiger partial charge in [-0.3, -0.25) is 37.3 Å². The minimum Gasteiger partial charge on any atom is -0.462 e. The number of carbonyl (C=O) groups is 4. The van der Waals surface area contributed by atoms with Gasteiger partial charge in [-0.15, -0.1) is 0 Å². The normalized spacial score (nSPS) is 14.0. The van der Waals surface area contributed by atoms with Crippen molar-refractivity contribution in [3.63, 3.8) is 0 Å². The smallest absolute Gasteiger partial charge is 0.462 e. The number of phosphoric acid groups is 2. The molecule has 0 aromatic heterocycles. The van der Waals surface area contributed by atoms with Gasteiger partial charge in [-0.25, -0.2) is 9.13 Å². The SMILES string of the molecule is CCCCCC/C=C\C=C/CCCCCCCC(=O)OC[C@H](COP(=O)(O)OC[C@@H](O)COP(=O)(O)OC[C@@H](COC(=O)CCCCCCCCCC(C)C)OC(=O)CCCCCCCCCCCCCCCCC)OC(=O)CCCCCCCCCCCCCCCCCCCCCCC. The predicted octanol–water partition coefficient (Wildman–Crippen LogP) is 24.4. The topological polar surface area (TPSA) is 237 Å². The number of ether oxygens (including phenoxy) is 4. The molecular weight excluding hydrogens is 1320 g/mol. The zero-order valence-electron chi connectivity index (χ0n) is 65.5. The van der Waals surface area contributed by atoms with Gasteiger partial charge in [-0.2, -0.15) is 0 Å². The van der Waals surface area contributed by atoms with Crippen LogP contribution in [0.2, 0.25) is 0 Å². The molecular formula is C82H156O17P2. The molecule has 19 heteroatoms. The Labute approximate surface area is 618 Å². The molecule has 0 spiro atoms. The highest BCUT2D eigenvalue weighted by molar-refractivity contribution is 7.47. The van der Waals surface area contributed by atoms with Gasteiger partial charge in [-0.1, -0.05) is 361 Å². The van der Waals surface area contributed by atoms with Crippen molar-refractivity contribution in [1.29, 1.82) is 0 Å². The van der Waals surface area contributed by atoms with Crippen LogP contribution < -0.4 is 0 Å². The van der Waals surface area contributed by atoms with Crippen LogP contribution in [0.1, 0.15) is 413 Å². The van der Waals surface area contributed by atoms with Crippen molar-refractivity contribution >= 4 is 39.5 Å². The summed E-state index contributed by atoms with van der Waals surface area (Å²) in [5.41, 5.74) is 0. The van der Waals surface area contributed by atoms with Crippen molar-refractivity contribution in [3.05, 3.63) is 24.3 Å². The minimum absolute atomic E-state index is 0.102. The van der Waals surface area contributed by atoms with Crippen LogP contribution in [0.5, 0.6) is 0 Å². The van der Waals surface area contributed by atoms with E-state index < -0.39 is 97.5 Å². The van der Waals surface area contributed by atoms with Crippen LogP contribution in [0, 0.1) is 5.92 Å². The second kappa shape index (κ2) is 74.4. The van der Waals surface area contributed by atoms with Crippen molar-refractivity contribution in [2.24, 2.45) is 5.92 Å².